The van der Waals surface area contributed by atoms with Gasteiger partial charge in [0.2, 0.25) is 0 Å². The van der Waals surface area contributed by atoms with Crippen LogP contribution in [0.1, 0.15) is 49.3 Å². The Morgan fingerprint density at radius 1 is 1.03 bits per heavy atom. The number of anilines is 1. The highest BCUT2D eigenvalue weighted by molar-refractivity contribution is 5.85. The predicted octanol–water partition coefficient (Wildman–Crippen LogP) is 4.58. The summed E-state index contributed by atoms with van der Waals surface area (Å²) in [6.07, 6.45) is 6.46. The monoisotopic (exact) mass is 456 g/mol. The van der Waals surface area contributed by atoms with Crippen molar-refractivity contribution in [2.24, 2.45) is 5.92 Å². The van der Waals surface area contributed by atoms with Crippen molar-refractivity contribution in [3.05, 3.63) is 83.5 Å². The van der Waals surface area contributed by atoms with Crippen molar-refractivity contribution in [1.29, 1.82) is 0 Å². The van der Waals surface area contributed by atoms with Crippen molar-refractivity contribution in [2.75, 3.05) is 18.0 Å². The van der Waals surface area contributed by atoms with Crippen LogP contribution < -0.4 is 4.90 Å². The molecule has 3 aromatic rings. The molecule has 1 aromatic carbocycles. The lowest BCUT2D eigenvalue weighted by Crippen LogP contribution is -2.64. The molecule has 0 bridgehead atoms. The average Bonchev–Trinajstić information content (AvgIpc) is 2.72. The van der Waals surface area contributed by atoms with Crippen LogP contribution in [0.2, 0.25) is 0 Å². The zero-order chi connectivity index (χ0) is 22.0. The van der Waals surface area contributed by atoms with E-state index in [2.05, 4.69) is 47.8 Å². The lowest BCUT2D eigenvalue weighted by atomic mass is 9.82. The second-order valence-electron chi connectivity index (χ2n) is 8.95. The number of aliphatic hydroxyl groups is 1. The largest absolute Gasteiger partial charge is 0.386 e. The van der Waals surface area contributed by atoms with Gasteiger partial charge in [-0.25, -0.2) is 4.39 Å². The number of aromatic nitrogens is 3. The highest BCUT2D eigenvalue weighted by Gasteiger charge is 2.43. The van der Waals surface area contributed by atoms with Gasteiger partial charge < -0.3 is 10.0 Å². The molecule has 0 spiro atoms. The number of benzene rings is 1. The topological polar surface area (TPSA) is 62.1 Å². The van der Waals surface area contributed by atoms with Crippen molar-refractivity contribution in [3.63, 3.8) is 0 Å². The Morgan fingerprint density at radius 2 is 1.72 bits per heavy atom. The molecule has 0 saturated carbocycles. The van der Waals surface area contributed by atoms with Crippen molar-refractivity contribution in [3.8, 4) is 0 Å². The molecule has 170 valence electrons. The van der Waals surface area contributed by atoms with Gasteiger partial charge in [0.05, 0.1) is 5.69 Å². The van der Waals surface area contributed by atoms with E-state index >= 15 is 0 Å². The first-order valence-corrected chi connectivity index (χ1v) is 10.8. The molecular weight excluding hydrogens is 427 g/mol. The number of halogens is 2. The maximum Gasteiger partial charge on any atom is 0.123 e. The van der Waals surface area contributed by atoms with Gasteiger partial charge in [-0.15, -0.1) is 12.4 Å². The standard InChI is InChI=1S/C25H29FN4O.ClH/c1-17(2)25(31)15-30(16-25)24-12-21(10-18(3)19-4-6-20(26)7-5-19)29-22(13-24)11-23-14-27-8-9-28-23;/h4-9,12-14,17-18,31H,10-11,15-16H2,1-3H3;1H/t18-;/m1./s1. The van der Waals surface area contributed by atoms with Crippen molar-refractivity contribution in [2.45, 2.75) is 45.1 Å². The molecule has 3 heterocycles. The van der Waals surface area contributed by atoms with Gasteiger partial charge in [0.15, 0.2) is 0 Å². The summed E-state index contributed by atoms with van der Waals surface area (Å²) in [5.41, 5.74) is 4.29. The average molecular weight is 457 g/mol. The molecule has 1 aliphatic heterocycles. The van der Waals surface area contributed by atoms with E-state index < -0.39 is 5.60 Å². The fourth-order valence-corrected chi connectivity index (χ4v) is 4.00. The first-order valence-electron chi connectivity index (χ1n) is 10.8. The molecule has 1 fully saturated rings. The van der Waals surface area contributed by atoms with E-state index in [1.54, 1.807) is 18.6 Å². The van der Waals surface area contributed by atoms with Crippen LogP contribution in [-0.2, 0) is 12.8 Å². The van der Waals surface area contributed by atoms with Gasteiger partial charge in [0, 0.05) is 55.2 Å². The summed E-state index contributed by atoms with van der Waals surface area (Å²) in [5, 5.41) is 10.7. The van der Waals surface area contributed by atoms with E-state index in [9.17, 15) is 9.50 Å². The van der Waals surface area contributed by atoms with E-state index in [1.807, 2.05) is 12.1 Å². The molecule has 1 saturated heterocycles. The molecule has 0 unspecified atom stereocenters. The first kappa shape index (κ1) is 24.1. The molecule has 1 atom stereocenters. The molecule has 32 heavy (non-hydrogen) atoms. The number of rotatable bonds is 7. The molecule has 0 amide bonds. The summed E-state index contributed by atoms with van der Waals surface area (Å²) in [4.78, 5) is 15.6. The second kappa shape index (κ2) is 9.92. The first-order chi connectivity index (χ1) is 14.8. The van der Waals surface area contributed by atoms with Gasteiger partial charge in [0.25, 0.3) is 0 Å². The van der Waals surface area contributed by atoms with Crippen LogP contribution in [0.3, 0.4) is 0 Å². The third kappa shape index (κ3) is 5.43. The summed E-state index contributed by atoms with van der Waals surface area (Å²) in [7, 11) is 0. The Bertz CT molecular complexity index is 1020. The minimum Gasteiger partial charge on any atom is -0.386 e. The normalized spacial score (nSPS) is 15.8. The van der Waals surface area contributed by atoms with Crippen LogP contribution in [0.5, 0.6) is 0 Å². The summed E-state index contributed by atoms with van der Waals surface area (Å²) < 4.78 is 13.3. The van der Waals surface area contributed by atoms with Crippen LogP contribution in [0.25, 0.3) is 0 Å². The maximum atomic E-state index is 13.3. The van der Waals surface area contributed by atoms with E-state index in [4.69, 9.17) is 4.98 Å². The van der Waals surface area contributed by atoms with Crippen LogP contribution in [0.15, 0.2) is 55.0 Å². The zero-order valence-electron chi connectivity index (χ0n) is 18.7. The minimum atomic E-state index is -0.643. The summed E-state index contributed by atoms with van der Waals surface area (Å²) in [6, 6.07) is 10.9. The number of pyridine rings is 1. The Morgan fingerprint density at radius 3 is 2.34 bits per heavy atom. The Balaban J connectivity index is 0.00000289. The van der Waals surface area contributed by atoms with Gasteiger partial charge >= 0.3 is 0 Å². The Kier molecular flexibility index (Phi) is 7.47. The van der Waals surface area contributed by atoms with Crippen LogP contribution in [-0.4, -0.2) is 38.7 Å². The fourth-order valence-electron chi connectivity index (χ4n) is 4.00. The van der Waals surface area contributed by atoms with E-state index in [0.29, 0.717) is 19.5 Å². The molecule has 1 N–H and O–H groups in total. The van der Waals surface area contributed by atoms with Crippen LogP contribution in [0, 0.1) is 11.7 Å². The predicted molar refractivity (Wildman–Crippen MR) is 127 cm³/mol. The summed E-state index contributed by atoms with van der Waals surface area (Å²) >= 11 is 0. The van der Waals surface area contributed by atoms with Gasteiger partial charge in [-0.2, -0.15) is 0 Å². The minimum absolute atomic E-state index is 0. The van der Waals surface area contributed by atoms with Crippen molar-refractivity contribution < 1.29 is 9.50 Å². The Labute approximate surface area is 195 Å². The van der Waals surface area contributed by atoms with Crippen LogP contribution >= 0.6 is 12.4 Å². The van der Waals surface area contributed by atoms with Crippen molar-refractivity contribution >= 4 is 18.1 Å². The highest BCUT2D eigenvalue weighted by Crippen LogP contribution is 2.34. The smallest absolute Gasteiger partial charge is 0.123 e. The summed E-state index contributed by atoms with van der Waals surface area (Å²) in [6.45, 7) is 7.47. The molecule has 2 aromatic heterocycles. The number of β-amino-alcohol motifs (C(OH)–C–C–N with tert-alkyl or cyclic N) is 1. The summed E-state index contributed by atoms with van der Waals surface area (Å²) in [5.74, 6) is 0.192. The maximum absolute atomic E-state index is 13.3. The molecule has 4 rings (SSSR count). The number of hydrogen-bond acceptors (Lipinski definition) is 5. The lowest BCUT2D eigenvalue weighted by molar-refractivity contribution is -0.0300. The van der Waals surface area contributed by atoms with Gasteiger partial charge in [-0.1, -0.05) is 32.9 Å². The molecule has 1 aliphatic rings. The van der Waals surface area contributed by atoms with Gasteiger partial charge in [0.1, 0.15) is 11.4 Å². The third-order valence-corrected chi connectivity index (χ3v) is 6.22. The fraction of sp³-hybridized carbons (Fsp3) is 0.400. The number of hydrogen-bond donors (Lipinski definition) is 1. The highest BCUT2D eigenvalue weighted by atomic mass is 35.5. The van der Waals surface area contributed by atoms with Crippen molar-refractivity contribution in [1.82, 2.24) is 15.0 Å². The third-order valence-electron chi connectivity index (χ3n) is 6.22. The molecule has 7 heteroatoms. The van der Waals surface area contributed by atoms with Crippen LogP contribution in [0.4, 0.5) is 10.1 Å². The van der Waals surface area contributed by atoms with E-state index in [-0.39, 0.29) is 30.1 Å². The lowest BCUT2D eigenvalue weighted by Gasteiger charge is -2.50. The van der Waals surface area contributed by atoms with E-state index in [0.717, 1.165) is 34.8 Å². The quantitative estimate of drug-likeness (QED) is 0.564. The SMILES string of the molecule is CC(C)C1(O)CN(c2cc(Cc3cnccn3)nc(C[C@@H](C)c3ccc(F)cc3)c2)C1.Cl. The molecular formula is C25H30ClFN4O. The Hall–Kier alpha value is -2.57. The van der Waals surface area contributed by atoms with Gasteiger partial charge in [-0.05, 0) is 48.1 Å². The molecule has 5 nitrogen and oxygen atoms in total. The molecule has 0 radical (unpaired) electrons. The van der Waals surface area contributed by atoms with Gasteiger partial charge in [-0.3, -0.25) is 15.0 Å². The van der Waals surface area contributed by atoms with E-state index in [1.165, 1.54) is 12.1 Å². The number of nitrogens with zero attached hydrogens (tertiary/aromatic N) is 4. The second-order valence-corrected chi connectivity index (χ2v) is 8.95. The molecule has 0 aliphatic carbocycles. The zero-order valence-corrected chi connectivity index (χ0v) is 19.5.